The van der Waals surface area contributed by atoms with E-state index in [1.165, 1.54) is 0 Å². The normalized spacial score (nSPS) is 12.5. The van der Waals surface area contributed by atoms with Gasteiger partial charge in [0.25, 0.3) is 0 Å². The van der Waals surface area contributed by atoms with Gasteiger partial charge in [-0.15, -0.1) is 0 Å². The fourth-order valence-electron chi connectivity index (χ4n) is 3.68. The monoisotopic (exact) mass is 437 g/mol. The van der Waals surface area contributed by atoms with Crippen molar-refractivity contribution < 1.29 is 19.0 Å². The molecule has 0 radical (unpaired) electrons. The fraction of sp³-hybridized carbons (Fsp3) is 0.143. The van der Waals surface area contributed by atoms with Gasteiger partial charge < -0.3 is 14.2 Å². The molecule has 0 aliphatic carbocycles. The van der Waals surface area contributed by atoms with Crippen molar-refractivity contribution in [2.45, 2.75) is 19.6 Å². The lowest BCUT2D eigenvalue weighted by Crippen LogP contribution is -2.15. The van der Waals surface area contributed by atoms with Gasteiger partial charge >= 0.3 is 0 Å². The van der Waals surface area contributed by atoms with E-state index in [4.69, 9.17) is 14.2 Å². The lowest BCUT2D eigenvalue weighted by molar-refractivity contribution is 0.0933. The van der Waals surface area contributed by atoms with Crippen molar-refractivity contribution in [2.75, 3.05) is 6.61 Å². The number of Topliss-reactive ketones (excluding diaryl/α,β-unsaturated/α-hetero) is 1. The van der Waals surface area contributed by atoms with Crippen LogP contribution in [0.5, 0.6) is 17.2 Å². The maximum Gasteiger partial charge on any atom is 0.169 e. The number of hydrogen-bond acceptors (Lipinski definition) is 5. The van der Waals surface area contributed by atoms with Crippen molar-refractivity contribution >= 4 is 5.78 Å². The minimum Gasteiger partial charge on any atom is -0.492 e. The summed E-state index contributed by atoms with van der Waals surface area (Å²) in [6.45, 7) is 1.34. The van der Waals surface area contributed by atoms with E-state index in [9.17, 15) is 4.79 Å². The van der Waals surface area contributed by atoms with E-state index in [1.54, 1.807) is 18.3 Å². The van der Waals surface area contributed by atoms with E-state index in [1.807, 2.05) is 72.8 Å². The Kier molecular flexibility index (Phi) is 6.02. The Morgan fingerprint density at radius 2 is 1.55 bits per heavy atom. The second-order valence-electron chi connectivity index (χ2n) is 7.82. The zero-order chi connectivity index (χ0) is 22.5. The third-order valence-corrected chi connectivity index (χ3v) is 5.47. The second kappa shape index (κ2) is 9.57. The lowest BCUT2D eigenvalue weighted by Gasteiger charge is -2.17. The molecule has 0 unspecified atom stereocenters. The molecule has 0 atom stereocenters. The van der Waals surface area contributed by atoms with E-state index in [0.717, 1.165) is 28.1 Å². The summed E-state index contributed by atoms with van der Waals surface area (Å²) >= 11 is 0. The molecule has 5 rings (SSSR count). The van der Waals surface area contributed by atoms with Gasteiger partial charge in [-0.3, -0.25) is 9.78 Å². The van der Waals surface area contributed by atoms with Gasteiger partial charge in [-0.05, 0) is 59.7 Å². The summed E-state index contributed by atoms with van der Waals surface area (Å²) < 4.78 is 17.4. The van der Waals surface area contributed by atoms with Crippen molar-refractivity contribution in [1.82, 2.24) is 4.98 Å². The van der Waals surface area contributed by atoms with Gasteiger partial charge in [0.2, 0.25) is 0 Å². The molecule has 164 valence electrons. The van der Waals surface area contributed by atoms with Crippen LogP contribution in [0.25, 0.3) is 11.3 Å². The maximum atomic E-state index is 11.9. The molecule has 0 spiro atoms. The lowest BCUT2D eigenvalue weighted by atomic mass is 10.1. The van der Waals surface area contributed by atoms with Gasteiger partial charge in [0.1, 0.15) is 30.5 Å². The first-order chi connectivity index (χ1) is 16.2. The molecule has 1 aromatic heterocycles. The van der Waals surface area contributed by atoms with Gasteiger partial charge in [0.05, 0.1) is 17.9 Å². The van der Waals surface area contributed by atoms with Crippen LogP contribution in [-0.2, 0) is 13.2 Å². The molecule has 0 fully saturated rings. The number of aromatic nitrogens is 1. The van der Waals surface area contributed by atoms with E-state index in [-0.39, 0.29) is 5.78 Å². The van der Waals surface area contributed by atoms with Crippen LogP contribution in [0, 0.1) is 0 Å². The summed E-state index contributed by atoms with van der Waals surface area (Å²) in [5, 5.41) is 0. The van der Waals surface area contributed by atoms with Crippen molar-refractivity contribution in [3.63, 3.8) is 0 Å². The summed E-state index contributed by atoms with van der Waals surface area (Å²) in [6.07, 6.45) is 2.20. The smallest absolute Gasteiger partial charge is 0.169 e. The minimum atomic E-state index is 0.109. The van der Waals surface area contributed by atoms with E-state index >= 15 is 0 Å². The highest BCUT2D eigenvalue weighted by molar-refractivity contribution is 5.99. The van der Waals surface area contributed by atoms with Crippen molar-refractivity contribution in [2.24, 2.45) is 0 Å². The number of hydrogen-bond donors (Lipinski definition) is 0. The second-order valence-corrected chi connectivity index (χ2v) is 7.82. The number of benzene rings is 3. The van der Waals surface area contributed by atoms with Crippen LogP contribution in [-0.4, -0.2) is 17.4 Å². The average molecular weight is 437 g/mol. The molecule has 0 amide bonds. The first-order valence-corrected chi connectivity index (χ1v) is 10.9. The number of rotatable bonds is 7. The van der Waals surface area contributed by atoms with Crippen LogP contribution >= 0.6 is 0 Å². The van der Waals surface area contributed by atoms with Gasteiger partial charge in [-0.25, -0.2) is 0 Å². The number of ether oxygens (including phenoxy) is 3. The molecule has 0 N–H and O–H groups in total. The molecule has 1 aliphatic rings. The van der Waals surface area contributed by atoms with Crippen molar-refractivity contribution in [3.05, 3.63) is 108 Å². The Hall–Kier alpha value is -4.12. The molecule has 33 heavy (non-hydrogen) atoms. The number of carbonyl (C=O) groups is 1. The summed E-state index contributed by atoms with van der Waals surface area (Å²) in [4.78, 5) is 16.4. The predicted octanol–water partition coefficient (Wildman–Crippen LogP) is 5.87. The number of carbonyl (C=O) groups excluding carboxylic acids is 1. The van der Waals surface area contributed by atoms with Gasteiger partial charge in [-0.2, -0.15) is 0 Å². The first kappa shape index (κ1) is 20.8. The summed E-state index contributed by atoms with van der Waals surface area (Å²) in [5.74, 6) is 2.18. The molecule has 2 heterocycles. The number of pyridine rings is 1. The molecular weight excluding hydrogens is 414 g/mol. The predicted molar refractivity (Wildman–Crippen MR) is 126 cm³/mol. The highest BCUT2D eigenvalue weighted by Crippen LogP contribution is 2.29. The highest BCUT2D eigenvalue weighted by Gasteiger charge is 2.18. The third-order valence-electron chi connectivity index (χ3n) is 5.47. The Balaban J connectivity index is 1.22. The standard InChI is InChI=1S/C28H23NO4/c30-27-13-15-31-28-17-24(10-11-25(27)28)33-19-21-12-14-29-26(16-21)22-6-8-23(9-7-22)32-18-20-4-2-1-3-5-20/h1-12,14,16-17H,13,15,18-19H2. The SMILES string of the molecule is O=C1CCOc2cc(OCc3ccnc(-c4ccc(OCc5ccccc5)cc4)c3)ccc21. The fourth-order valence-corrected chi connectivity index (χ4v) is 3.68. The van der Waals surface area contributed by atoms with Crippen LogP contribution in [0.1, 0.15) is 27.9 Å². The maximum absolute atomic E-state index is 11.9. The summed E-state index contributed by atoms with van der Waals surface area (Å²) in [5.41, 5.74) is 4.62. The Morgan fingerprint density at radius 3 is 2.39 bits per heavy atom. The van der Waals surface area contributed by atoms with Crippen LogP contribution < -0.4 is 14.2 Å². The quantitative estimate of drug-likeness (QED) is 0.362. The molecule has 3 aromatic carbocycles. The van der Waals surface area contributed by atoms with Crippen LogP contribution in [0.4, 0.5) is 0 Å². The molecule has 0 saturated heterocycles. The molecule has 4 aromatic rings. The molecule has 5 heteroatoms. The number of fused-ring (bicyclic) bond motifs is 1. The molecule has 5 nitrogen and oxygen atoms in total. The zero-order valence-electron chi connectivity index (χ0n) is 18.1. The van der Waals surface area contributed by atoms with Gasteiger partial charge in [0, 0.05) is 24.2 Å². The topological polar surface area (TPSA) is 57.7 Å². The van der Waals surface area contributed by atoms with Crippen LogP contribution in [0.2, 0.25) is 0 Å². The largest absolute Gasteiger partial charge is 0.492 e. The first-order valence-electron chi connectivity index (χ1n) is 10.9. The van der Waals surface area contributed by atoms with E-state index < -0.39 is 0 Å². The van der Waals surface area contributed by atoms with Crippen LogP contribution in [0.15, 0.2) is 91.1 Å². The Bertz CT molecular complexity index is 1250. The zero-order valence-corrected chi connectivity index (χ0v) is 18.1. The Morgan fingerprint density at radius 1 is 0.788 bits per heavy atom. The van der Waals surface area contributed by atoms with Gasteiger partial charge in [-0.1, -0.05) is 30.3 Å². The minimum absolute atomic E-state index is 0.109. The van der Waals surface area contributed by atoms with Gasteiger partial charge in [0.15, 0.2) is 5.78 Å². The van der Waals surface area contributed by atoms with E-state index in [0.29, 0.717) is 43.3 Å². The highest BCUT2D eigenvalue weighted by atomic mass is 16.5. The average Bonchev–Trinajstić information content (AvgIpc) is 2.87. The molecule has 0 bridgehead atoms. The summed E-state index contributed by atoms with van der Waals surface area (Å²) in [6, 6.07) is 27.3. The molecule has 0 saturated carbocycles. The van der Waals surface area contributed by atoms with Crippen molar-refractivity contribution in [1.29, 1.82) is 0 Å². The van der Waals surface area contributed by atoms with Crippen LogP contribution in [0.3, 0.4) is 0 Å². The molecular formula is C28H23NO4. The number of nitrogens with zero attached hydrogens (tertiary/aromatic N) is 1. The van der Waals surface area contributed by atoms with E-state index in [2.05, 4.69) is 4.98 Å². The molecule has 1 aliphatic heterocycles. The Labute approximate surface area is 192 Å². The van der Waals surface area contributed by atoms with Crippen molar-refractivity contribution in [3.8, 4) is 28.5 Å². The number of ketones is 1. The third kappa shape index (κ3) is 5.04. The summed E-state index contributed by atoms with van der Waals surface area (Å²) in [7, 11) is 0.